The quantitative estimate of drug-likeness (QED) is 0.893. The first kappa shape index (κ1) is 14.0. The van der Waals surface area contributed by atoms with Crippen molar-refractivity contribution in [2.75, 3.05) is 19.6 Å². The van der Waals surface area contributed by atoms with Crippen molar-refractivity contribution in [1.29, 1.82) is 0 Å². The third-order valence-electron chi connectivity index (χ3n) is 4.22. The summed E-state index contributed by atoms with van der Waals surface area (Å²) in [5.74, 6) is 0.942. The molecule has 19 heavy (non-hydrogen) atoms. The zero-order valence-corrected chi connectivity index (χ0v) is 13.9. The van der Waals surface area contributed by atoms with Crippen molar-refractivity contribution in [3.05, 3.63) is 15.9 Å². The molecule has 4 nitrogen and oxygen atoms in total. The van der Waals surface area contributed by atoms with Gasteiger partial charge in [0.1, 0.15) is 4.21 Å². The molecular weight excluding hydrogens is 348 g/mol. The molecule has 0 radical (unpaired) electrons. The topological polar surface area (TPSA) is 49.4 Å². The van der Waals surface area contributed by atoms with E-state index < -0.39 is 10.0 Å². The molecule has 1 N–H and O–H groups in total. The number of hydrogen-bond acceptors (Lipinski definition) is 4. The zero-order valence-electron chi connectivity index (χ0n) is 10.7. The number of rotatable bonds is 3. The Bertz CT molecular complexity index is 572. The fourth-order valence-corrected chi connectivity index (χ4v) is 7.56. The van der Waals surface area contributed by atoms with Gasteiger partial charge in [-0.3, -0.25) is 0 Å². The van der Waals surface area contributed by atoms with Gasteiger partial charge in [0.05, 0.1) is 0 Å². The lowest BCUT2D eigenvalue weighted by atomic mass is 9.93. The van der Waals surface area contributed by atoms with Gasteiger partial charge in [0.15, 0.2) is 0 Å². The first-order valence-corrected chi connectivity index (χ1v) is 9.62. The summed E-state index contributed by atoms with van der Waals surface area (Å²) in [7, 11) is -3.35. The van der Waals surface area contributed by atoms with Gasteiger partial charge < -0.3 is 5.32 Å². The highest BCUT2D eigenvalue weighted by Crippen LogP contribution is 2.40. The molecule has 3 heterocycles. The van der Waals surface area contributed by atoms with E-state index in [0.29, 0.717) is 27.1 Å². The summed E-state index contributed by atoms with van der Waals surface area (Å²) in [6.45, 7) is 4.62. The van der Waals surface area contributed by atoms with Crippen LogP contribution in [0.1, 0.15) is 13.3 Å². The molecule has 7 heteroatoms. The maximum absolute atomic E-state index is 12.8. The average Bonchev–Trinajstić information content (AvgIpc) is 3.01. The normalized spacial score (nSPS) is 31.8. The van der Waals surface area contributed by atoms with Crippen LogP contribution in [0, 0.1) is 11.8 Å². The molecule has 3 rings (SSSR count). The number of hydrogen-bond donors (Lipinski definition) is 1. The second kappa shape index (κ2) is 5.11. The van der Waals surface area contributed by atoms with E-state index in [0.717, 1.165) is 19.5 Å². The van der Waals surface area contributed by atoms with Gasteiger partial charge in [-0.15, -0.1) is 11.3 Å². The van der Waals surface area contributed by atoms with E-state index in [1.165, 1.54) is 11.3 Å². The number of nitrogens with zero attached hydrogens (tertiary/aromatic N) is 1. The molecule has 1 aromatic heterocycles. The molecule has 2 saturated heterocycles. The second-order valence-electron chi connectivity index (χ2n) is 5.19. The number of thiophene rings is 1. The summed E-state index contributed by atoms with van der Waals surface area (Å²) < 4.78 is 28.5. The van der Waals surface area contributed by atoms with E-state index in [-0.39, 0.29) is 6.04 Å². The predicted octanol–water partition coefficient (Wildman–Crippen LogP) is 2.13. The van der Waals surface area contributed by atoms with Crippen LogP contribution >= 0.6 is 27.3 Å². The molecule has 1 aromatic rings. The Morgan fingerprint density at radius 2 is 2.32 bits per heavy atom. The van der Waals surface area contributed by atoms with Gasteiger partial charge in [-0.25, -0.2) is 8.42 Å². The summed E-state index contributed by atoms with van der Waals surface area (Å²) in [4.78, 5) is 0. The lowest BCUT2D eigenvalue weighted by Crippen LogP contribution is -2.39. The average molecular weight is 365 g/mol. The maximum Gasteiger partial charge on any atom is 0.253 e. The number of sulfonamides is 1. The molecule has 2 fully saturated rings. The summed E-state index contributed by atoms with van der Waals surface area (Å²) in [5, 5.41) is 5.19. The number of fused-ring (bicyclic) bond motifs is 1. The molecular formula is C12H17BrN2O2S2. The monoisotopic (exact) mass is 364 g/mol. The Balaban J connectivity index is 1.96. The Hall–Kier alpha value is 0.0500. The van der Waals surface area contributed by atoms with Gasteiger partial charge in [0.25, 0.3) is 10.0 Å². The fourth-order valence-electron chi connectivity index (χ4n) is 3.34. The van der Waals surface area contributed by atoms with Crippen LogP contribution in [-0.4, -0.2) is 38.4 Å². The molecule has 0 spiro atoms. The van der Waals surface area contributed by atoms with Crippen LogP contribution in [0.5, 0.6) is 0 Å². The van der Waals surface area contributed by atoms with Crippen LogP contribution < -0.4 is 5.32 Å². The summed E-state index contributed by atoms with van der Waals surface area (Å²) in [5.41, 5.74) is 0. The SMILES string of the molecule is CCC1C2CNCC2CN1S(=O)(=O)c1sccc1Br. The maximum atomic E-state index is 12.8. The molecule has 3 unspecified atom stereocenters. The smallest absolute Gasteiger partial charge is 0.253 e. The van der Waals surface area contributed by atoms with Gasteiger partial charge in [-0.2, -0.15) is 4.31 Å². The molecule has 2 aliphatic rings. The van der Waals surface area contributed by atoms with Crippen LogP contribution in [0.3, 0.4) is 0 Å². The third-order valence-corrected chi connectivity index (χ3v) is 8.75. The molecule has 3 atom stereocenters. The van der Waals surface area contributed by atoms with Crippen molar-refractivity contribution < 1.29 is 8.42 Å². The lowest BCUT2D eigenvalue weighted by molar-refractivity contribution is 0.329. The van der Waals surface area contributed by atoms with Crippen LogP contribution in [-0.2, 0) is 10.0 Å². The van der Waals surface area contributed by atoms with Gasteiger partial charge >= 0.3 is 0 Å². The molecule has 106 valence electrons. The molecule has 0 aliphatic carbocycles. The van der Waals surface area contributed by atoms with Gasteiger partial charge in [0.2, 0.25) is 0 Å². The third kappa shape index (κ3) is 2.19. The number of nitrogens with one attached hydrogen (secondary N) is 1. The minimum absolute atomic E-state index is 0.138. The van der Waals surface area contributed by atoms with Crippen molar-refractivity contribution >= 4 is 37.3 Å². The van der Waals surface area contributed by atoms with Crippen LogP contribution in [0.25, 0.3) is 0 Å². The van der Waals surface area contributed by atoms with Gasteiger partial charge in [-0.1, -0.05) is 6.92 Å². The highest BCUT2D eigenvalue weighted by Gasteiger charge is 2.48. The van der Waals surface area contributed by atoms with Crippen molar-refractivity contribution in [3.63, 3.8) is 0 Å². The summed E-state index contributed by atoms with van der Waals surface area (Å²) in [6, 6.07) is 1.94. The van der Waals surface area contributed by atoms with Gasteiger partial charge in [0, 0.05) is 17.1 Å². The van der Waals surface area contributed by atoms with Crippen molar-refractivity contribution in [3.8, 4) is 0 Å². The van der Waals surface area contributed by atoms with Crippen LogP contribution in [0.2, 0.25) is 0 Å². The zero-order chi connectivity index (χ0) is 13.6. The van der Waals surface area contributed by atoms with E-state index in [2.05, 4.69) is 28.2 Å². The van der Waals surface area contributed by atoms with E-state index in [1.54, 1.807) is 10.4 Å². The Morgan fingerprint density at radius 1 is 1.53 bits per heavy atom. The van der Waals surface area contributed by atoms with Gasteiger partial charge in [-0.05, 0) is 58.7 Å². The van der Waals surface area contributed by atoms with Crippen molar-refractivity contribution in [2.45, 2.75) is 23.6 Å². The minimum atomic E-state index is -3.35. The Morgan fingerprint density at radius 3 is 2.95 bits per heavy atom. The van der Waals surface area contributed by atoms with Crippen molar-refractivity contribution in [2.24, 2.45) is 11.8 Å². The highest BCUT2D eigenvalue weighted by atomic mass is 79.9. The Labute approximate surface area is 126 Å². The fraction of sp³-hybridized carbons (Fsp3) is 0.667. The predicted molar refractivity (Wildman–Crippen MR) is 79.8 cm³/mol. The minimum Gasteiger partial charge on any atom is -0.316 e. The summed E-state index contributed by atoms with van der Waals surface area (Å²) in [6.07, 6.45) is 0.880. The number of halogens is 1. The largest absolute Gasteiger partial charge is 0.316 e. The van der Waals surface area contributed by atoms with Crippen molar-refractivity contribution in [1.82, 2.24) is 9.62 Å². The molecule has 0 saturated carbocycles. The summed E-state index contributed by atoms with van der Waals surface area (Å²) >= 11 is 4.64. The molecule has 0 bridgehead atoms. The van der Waals surface area contributed by atoms with E-state index in [4.69, 9.17) is 0 Å². The van der Waals surface area contributed by atoms with Crippen LogP contribution in [0.4, 0.5) is 0 Å². The Kier molecular flexibility index (Phi) is 3.77. The van der Waals surface area contributed by atoms with E-state index >= 15 is 0 Å². The first-order chi connectivity index (χ1) is 9.05. The first-order valence-electron chi connectivity index (χ1n) is 6.51. The molecule has 0 aromatic carbocycles. The second-order valence-corrected chi connectivity index (χ2v) is 9.04. The molecule has 2 aliphatic heterocycles. The standard InChI is InChI=1S/C12H17BrN2O2S2/c1-2-11-9-6-14-5-8(9)7-15(11)19(16,17)12-10(13)3-4-18-12/h3-4,8-9,11,14H,2,5-7H2,1H3. The molecule has 0 amide bonds. The van der Waals surface area contributed by atoms with Crippen LogP contribution in [0.15, 0.2) is 20.1 Å². The highest BCUT2D eigenvalue weighted by molar-refractivity contribution is 9.10. The lowest BCUT2D eigenvalue weighted by Gasteiger charge is -2.25. The van der Waals surface area contributed by atoms with E-state index in [9.17, 15) is 8.42 Å². The van der Waals surface area contributed by atoms with E-state index in [1.807, 2.05) is 5.38 Å².